The summed E-state index contributed by atoms with van der Waals surface area (Å²) in [5, 5.41) is 3.55. The third kappa shape index (κ3) is 3.04. The molecule has 74 valence electrons. The fraction of sp³-hybridized carbons (Fsp3) is 0.833. The summed E-state index contributed by atoms with van der Waals surface area (Å²) in [5.74, 6) is 3.65. The van der Waals surface area contributed by atoms with Crippen LogP contribution in [0, 0.1) is 18.3 Å². The first-order chi connectivity index (χ1) is 6.18. The van der Waals surface area contributed by atoms with Crippen LogP contribution < -0.4 is 5.32 Å². The third-order valence-electron chi connectivity index (χ3n) is 2.83. The van der Waals surface area contributed by atoms with E-state index in [4.69, 9.17) is 6.42 Å². The van der Waals surface area contributed by atoms with E-state index >= 15 is 0 Å². The molecule has 0 aromatic rings. The van der Waals surface area contributed by atoms with Crippen molar-refractivity contribution in [3.05, 3.63) is 0 Å². The van der Waals surface area contributed by atoms with Crippen molar-refractivity contribution in [1.82, 2.24) is 5.32 Å². The van der Waals surface area contributed by atoms with Crippen molar-refractivity contribution in [2.75, 3.05) is 6.54 Å². The lowest BCUT2D eigenvalue weighted by atomic mass is 9.82. The Morgan fingerprint density at radius 1 is 1.31 bits per heavy atom. The highest BCUT2D eigenvalue weighted by Gasteiger charge is 2.28. The molecular weight excluding hydrogens is 158 g/mol. The fourth-order valence-electron chi connectivity index (χ4n) is 1.93. The van der Waals surface area contributed by atoms with Gasteiger partial charge in [-0.2, -0.15) is 0 Å². The van der Waals surface area contributed by atoms with Gasteiger partial charge in [-0.05, 0) is 25.3 Å². The van der Waals surface area contributed by atoms with Gasteiger partial charge in [0, 0.05) is 0 Å². The lowest BCUT2D eigenvalue weighted by Crippen LogP contribution is -2.46. The topological polar surface area (TPSA) is 12.0 Å². The number of hydrogen-bond donors (Lipinski definition) is 1. The Morgan fingerprint density at radius 3 is 2.38 bits per heavy atom. The van der Waals surface area contributed by atoms with Gasteiger partial charge in [-0.15, -0.1) is 6.42 Å². The second-order valence-corrected chi connectivity index (χ2v) is 4.56. The summed E-state index contributed by atoms with van der Waals surface area (Å²) < 4.78 is 0. The van der Waals surface area contributed by atoms with Crippen molar-refractivity contribution in [1.29, 1.82) is 0 Å². The minimum atomic E-state index is 0.0303. The van der Waals surface area contributed by atoms with Gasteiger partial charge in [-0.25, -0.2) is 0 Å². The normalized spacial score (nSPS) is 21.4. The number of hydrogen-bond acceptors (Lipinski definition) is 1. The average molecular weight is 179 g/mol. The first kappa shape index (κ1) is 10.6. The first-order valence-electron chi connectivity index (χ1n) is 5.41. The highest BCUT2D eigenvalue weighted by molar-refractivity contribution is 5.13. The second-order valence-electron chi connectivity index (χ2n) is 4.56. The Bertz CT molecular complexity index is 182. The van der Waals surface area contributed by atoms with Crippen molar-refractivity contribution in [3.8, 4) is 12.3 Å². The molecule has 1 fully saturated rings. The zero-order valence-electron chi connectivity index (χ0n) is 8.90. The second kappa shape index (κ2) is 4.67. The summed E-state index contributed by atoms with van der Waals surface area (Å²) in [5.41, 5.74) is 0.0303. The first-order valence-corrected chi connectivity index (χ1v) is 5.41. The van der Waals surface area contributed by atoms with E-state index in [9.17, 15) is 0 Å². The monoisotopic (exact) mass is 179 g/mol. The van der Waals surface area contributed by atoms with Crippen LogP contribution in [0.1, 0.15) is 46.0 Å². The highest BCUT2D eigenvalue weighted by atomic mass is 15.0. The molecule has 1 saturated carbocycles. The molecule has 0 bridgehead atoms. The van der Waals surface area contributed by atoms with E-state index in [2.05, 4.69) is 25.1 Å². The average Bonchev–Trinajstić information content (AvgIpc) is 2.16. The van der Waals surface area contributed by atoms with Crippen LogP contribution in [-0.2, 0) is 0 Å². The summed E-state index contributed by atoms with van der Waals surface area (Å²) in [6.07, 6.45) is 11.9. The van der Waals surface area contributed by atoms with E-state index < -0.39 is 0 Å². The predicted octanol–water partition coefficient (Wildman–Crippen LogP) is 2.57. The van der Waals surface area contributed by atoms with Crippen molar-refractivity contribution < 1.29 is 0 Å². The molecule has 0 radical (unpaired) electrons. The predicted molar refractivity (Wildman–Crippen MR) is 57.5 cm³/mol. The number of rotatable bonds is 3. The molecule has 0 atom stereocenters. The highest BCUT2D eigenvalue weighted by Crippen LogP contribution is 2.27. The molecule has 1 N–H and O–H groups in total. The van der Waals surface area contributed by atoms with Crippen LogP contribution in [0.5, 0.6) is 0 Å². The number of terminal acetylenes is 1. The SMILES string of the molecule is C#CC1(NCC(C)C)CCCCC1. The van der Waals surface area contributed by atoms with Gasteiger partial charge in [0.05, 0.1) is 5.54 Å². The van der Waals surface area contributed by atoms with Crippen molar-refractivity contribution in [2.45, 2.75) is 51.5 Å². The molecule has 0 spiro atoms. The van der Waals surface area contributed by atoms with Gasteiger partial charge >= 0.3 is 0 Å². The minimum Gasteiger partial charge on any atom is -0.301 e. The molecule has 0 heterocycles. The van der Waals surface area contributed by atoms with Gasteiger partial charge in [-0.3, -0.25) is 0 Å². The van der Waals surface area contributed by atoms with E-state index in [1.54, 1.807) is 0 Å². The van der Waals surface area contributed by atoms with Crippen molar-refractivity contribution in [3.63, 3.8) is 0 Å². The largest absolute Gasteiger partial charge is 0.301 e. The molecule has 0 unspecified atom stereocenters. The Labute approximate surface area is 82.3 Å². The van der Waals surface area contributed by atoms with Gasteiger partial charge < -0.3 is 5.32 Å². The van der Waals surface area contributed by atoms with Crippen LogP contribution in [0.15, 0.2) is 0 Å². The Balaban J connectivity index is 2.44. The van der Waals surface area contributed by atoms with Crippen LogP contribution in [0.4, 0.5) is 0 Å². The molecule has 0 saturated heterocycles. The van der Waals surface area contributed by atoms with Gasteiger partial charge in [0.25, 0.3) is 0 Å². The van der Waals surface area contributed by atoms with Crippen LogP contribution >= 0.6 is 0 Å². The summed E-state index contributed by atoms with van der Waals surface area (Å²) in [6.45, 7) is 5.49. The summed E-state index contributed by atoms with van der Waals surface area (Å²) >= 11 is 0. The molecule has 1 heteroatoms. The molecule has 1 nitrogen and oxygen atoms in total. The van der Waals surface area contributed by atoms with Crippen molar-refractivity contribution >= 4 is 0 Å². The Kier molecular flexibility index (Phi) is 3.81. The molecule has 0 aromatic carbocycles. The lowest BCUT2D eigenvalue weighted by molar-refractivity contribution is 0.290. The molecule has 0 amide bonds. The zero-order valence-corrected chi connectivity index (χ0v) is 8.90. The van der Waals surface area contributed by atoms with E-state index in [0.717, 1.165) is 19.4 Å². The van der Waals surface area contributed by atoms with E-state index in [0.29, 0.717) is 5.92 Å². The molecule has 0 aromatic heterocycles. The maximum Gasteiger partial charge on any atom is 0.0798 e. The van der Waals surface area contributed by atoms with E-state index in [-0.39, 0.29) is 5.54 Å². The third-order valence-corrected chi connectivity index (χ3v) is 2.83. The minimum absolute atomic E-state index is 0.0303. The summed E-state index contributed by atoms with van der Waals surface area (Å²) in [4.78, 5) is 0. The van der Waals surface area contributed by atoms with Gasteiger partial charge in [0.1, 0.15) is 0 Å². The number of nitrogens with one attached hydrogen (secondary N) is 1. The molecule has 13 heavy (non-hydrogen) atoms. The van der Waals surface area contributed by atoms with Gasteiger partial charge in [0.15, 0.2) is 0 Å². The maximum atomic E-state index is 5.61. The van der Waals surface area contributed by atoms with Crippen LogP contribution in [0.25, 0.3) is 0 Å². The summed E-state index contributed by atoms with van der Waals surface area (Å²) in [7, 11) is 0. The van der Waals surface area contributed by atoms with E-state index in [1.165, 1.54) is 19.3 Å². The van der Waals surface area contributed by atoms with Gasteiger partial charge in [0.2, 0.25) is 0 Å². The van der Waals surface area contributed by atoms with Crippen LogP contribution in [0.2, 0.25) is 0 Å². The summed E-state index contributed by atoms with van der Waals surface area (Å²) in [6, 6.07) is 0. The maximum absolute atomic E-state index is 5.61. The molecule has 0 aliphatic heterocycles. The lowest BCUT2D eigenvalue weighted by Gasteiger charge is -2.34. The Hall–Kier alpha value is -0.480. The van der Waals surface area contributed by atoms with Crippen molar-refractivity contribution in [2.24, 2.45) is 5.92 Å². The van der Waals surface area contributed by atoms with Crippen LogP contribution in [-0.4, -0.2) is 12.1 Å². The standard InChI is InChI=1S/C12H21N/c1-4-12(13-10-11(2)3)8-6-5-7-9-12/h1,11,13H,5-10H2,2-3H3. The van der Waals surface area contributed by atoms with Gasteiger partial charge in [-0.1, -0.05) is 39.0 Å². The quantitative estimate of drug-likeness (QED) is 0.657. The van der Waals surface area contributed by atoms with E-state index in [1.807, 2.05) is 0 Å². The van der Waals surface area contributed by atoms with Crippen LogP contribution in [0.3, 0.4) is 0 Å². The molecular formula is C12H21N. The fourth-order valence-corrected chi connectivity index (χ4v) is 1.93. The molecule has 1 rings (SSSR count). The Morgan fingerprint density at radius 2 is 1.92 bits per heavy atom. The smallest absolute Gasteiger partial charge is 0.0798 e. The molecule has 1 aliphatic carbocycles. The molecule has 1 aliphatic rings. The zero-order chi connectivity index (χ0) is 9.73.